The number of nitrogens with one attached hydrogen (secondary N) is 2. The Labute approximate surface area is 208 Å². The van der Waals surface area contributed by atoms with Crippen molar-refractivity contribution >= 4 is 40.7 Å². The second kappa shape index (κ2) is 10.5. The van der Waals surface area contributed by atoms with Gasteiger partial charge in [-0.15, -0.1) is 11.3 Å². The van der Waals surface area contributed by atoms with E-state index in [1.54, 1.807) is 19.9 Å². The van der Waals surface area contributed by atoms with Crippen LogP contribution in [-0.4, -0.2) is 34.0 Å². The van der Waals surface area contributed by atoms with Crippen molar-refractivity contribution in [1.29, 1.82) is 5.41 Å². The van der Waals surface area contributed by atoms with Gasteiger partial charge in [-0.1, -0.05) is 13.8 Å². The SMILES string of the molecule is CC(C)(Cc1ccc(C(=O)Oc2ccc(C(=N)N)cc2F)s1)C(=O)Nc1ccc(O)c(C(=O)OO)c1. The van der Waals surface area contributed by atoms with Crippen LogP contribution in [0.15, 0.2) is 48.5 Å². The molecule has 1 amide bonds. The van der Waals surface area contributed by atoms with Crippen LogP contribution in [0.4, 0.5) is 10.1 Å². The Balaban J connectivity index is 1.67. The molecule has 0 fully saturated rings. The molecule has 188 valence electrons. The van der Waals surface area contributed by atoms with Gasteiger partial charge in [-0.05, 0) is 55.0 Å². The Kier molecular flexibility index (Phi) is 7.71. The first-order valence-corrected chi connectivity index (χ1v) is 11.2. The summed E-state index contributed by atoms with van der Waals surface area (Å²) in [5, 5.41) is 28.2. The Morgan fingerprint density at radius 3 is 2.47 bits per heavy atom. The Bertz CT molecular complexity index is 1350. The molecule has 0 aliphatic heterocycles. The summed E-state index contributed by atoms with van der Waals surface area (Å²) in [6.45, 7) is 3.35. The number of aromatic hydroxyl groups is 1. The summed E-state index contributed by atoms with van der Waals surface area (Å²) >= 11 is 1.08. The van der Waals surface area contributed by atoms with Gasteiger partial charge in [0.2, 0.25) is 5.91 Å². The lowest BCUT2D eigenvalue weighted by molar-refractivity contribution is -0.182. The van der Waals surface area contributed by atoms with Gasteiger partial charge in [-0.2, -0.15) is 5.26 Å². The molecule has 0 saturated heterocycles. The number of amides is 1. The molecule has 3 aromatic rings. The number of carbonyl (C=O) groups excluding carboxylic acids is 3. The van der Waals surface area contributed by atoms with Crippen LogP contribution in [0.3, 0.4) is 0 Å². The summed E-state index contributed by atoms with van der Waals surface area (Å²) in [5.41, 5.74) is 4.37. The zero-order valence-corrected chi connectivity index (χ0v) is 19.9. The van der Waals surface area contributed by atoms with Gasteiger partial charge >= 0.3 is 11.9 Å². The number of esters is 1. The van der Waals surface area contributed by atoms with Gasteiger partial charge in [0.05, 0.1) is 0 Å². The fraction of sp³-hybridized carbons (Fsp3) is 0.167. The molecule has 10 nitrogen and oxygen atoms in total. The van der Waals surface area contributed by atoms with Crippen LogP contribution in [0.2, 0.25) is 0 Å². The van der Waals surface area contributed by atoms with Crippen LogP contribution in [-0.2, 0) is 16.1 Å². The largest absolute Gasteiger partial charge is 0.507 e. The van der Waals surface area contributed by atoms with E-state index in [0.29, 0.717) is 4.88 Å². The lowest BCUT2D eigenvalue weighted by Crippen LogP contribution is -2.32. The van der Waals surface area contributed by atoms with Crippen LogP contribution in [0.1, 0.15) is 44.3 Å². The number of rotatable bonds is 8. The maximum atomic E-state index is 14.2. The third kappa shape index (κ3) is 6.03. The molecule has 0 atom stereocenters. The summed E-state index contributed by atoms with van der Waals surface area (Å²) in [4.78, 5) is 41.4. The van der Waals surface area contributed by atoms with Crippen LogP contribution >= 0.6 is 11.3 Å². The minimum atomic E-state index is -1.18. The van der Waals surface area contributed by atoms with E-state index in [1.165, 1.54) is 30.3 Å². The molecular weight excluding hydrogens is 493 g/mol. The molecule has 1 heterocycles. The second-order valence-electron chi connectivity index (χ2n) is 8.34. The topological polar surface area (TPSA) is 172 Å². The lowest BCUT2D eigenvalue weighted by atomic mass is 9.87. The summed E-state index contributed by atoms with van der Waals surface area (Å²) < 4.78 is 19.3. The van der Waals surface area contributed by atoms with E-state index in [0.717, 1.165) is 23.5 Å². The quantitative estimate of drug-likeness (QED) is 0.0571. The van der Waals surface area contributed by atoms with E-state index in [-0.39, 0.29) is 39.7 Å². The maximum absolute atomic E-state index is 14.2. The fourth-order valence-corrected chi connectivity index (χ4v) is 4.24. The third-order valence-electron chi connectivity index (χ3n) is 5.10. The van der Waals surface area contributed by atoms with Gasteiger partial charge in [0.15, 0.2) is 11.6 Å². The number of nitrogen functional groups attached to an aromatic ring is 1. The van der Waals surface area contributed by atoms with E-state index in [4.69, 9.17) is 21.1 Å². The first-order valence-electron chi connectivity index (χ1n) is 10.4. The van der Waals surface area contributed by atoms with Gasteiger partial charge in [-0.25, -0.2) is 14.0 Å². The molecule has 36 heavy (non-hydrogen) atoms. The van der Waals surface area contributed by atoms with Crippen molar-refractivity contribution in [3.8, 4) is 11.5 Å². The average molecular weight is 516 g/mol. The number of phenolic OH excluding ortho intramolecular Hbond substituents is 1. The smallest absolute Gasteiger partial charge is 0.376 e. The predicted molar refractivity (Wildman–Crippen MR) is 129 cm³/mol. The highest BCUT2D eigenvalue weighted by Crippen LogP contribution is 2.30. The van der Waals surface area contributed by atoms with Crippen LogP contribution in [0.5, 0.6) is 11.5 Å². The molecule has 0 radical (unpaired) electrons. The number of amidine groups is 1. The molecule has 0 unspecified atom stereocenters. The molecule has 1 aromatic heterocycles. The van der Waals surface area contributed by atoms with Crippen LogP contribution in [0, 0.1) is 16.6 Å². The highest BCUT2D eigenvalue weighted by atomic mass is 32.1. The normalized spacial score (nSPS) is 11.0. The van der Waals surface area contributed by atoms with Crippen molar-refractivity contribution in [1.82, 2.24) is 0 Å². The minimum Gasteiger partial charge on any atom is -0.507 e. The molecule has 0 saturated carbocycles. The molecule has 0 aliphatic rings. The van der Waals surface area contributed by atoms with Gasteiger partial charge in [0.1, 0.15) is 22.0 Å². The van der Waals surface area contributed by atoms with Gasteiger partial charge < -0.3 is 20.9 Å². The van der Waals surface area contributed by atoms with E-state index in [2.05, 4.69) is 10.2 Å². The number of halogens is 1. The van der Waals surface area contributed by atoms with Crippen LogP contribution < -0.4 is 15.8 Å². The summed E-state index contributed by atoms with van der Waals surface area (Å²) in [7, 11) is 0. The first kappa shape index (κ1) is 26.3. The number of benzene rings is 2. The number of thiophene rings is 1. The minimum absolute atomic E-state index is 0.156. The second-order valence-corrected chi connectivity index (χ2v) is 9.51. The van der Waals surface area contributed by atoms with E-state index in [9.17, 15) is 23.9 Å². The van der Waals surface area contributed by atoms with Crippen molar-refractivity contribution in [2.24, 2.45) is 11.1 Å². The summed E-state index contributed by atoms with van der Waals surface area (Å²) in [5.74, 6) is -4.28. The Morgan fingerprint density at radius 2 is 1.83 bits per heavy atom. The molecule has 0 spiro atoms. The molecule has 2 aromatic carbocycles. The number of carbonyl (C=O) groups is 3. The Morgan fingerprint density at radius 1 is 1.11 bits per heavy atom. The van der Waals surface area contributed by atoms with Gasteiger partial charge in [-0.3, -0.25) is 15.1 Å². The van der Waals surface area contributed by atoms with Crippen molar-refractivity contribution in [2.75, 3.05) is 5.32 Å². The third-order valence-corrected chi connectivity index (χ3v) is 6.16. The number of ether oxygens (including phenoxy) is 1. The molecule has 3 rings (SSSR count). The van der Waals surface area contributed by atoms with Gasteiger partial charge in [0.25, 0.3) is 0 Å². The zero-order valence-electron chi connectivity index (χ0n) is 19.1. The fourth-order valence-electron chi connectivity index (χ4n) is 3.13. The predicted octanol–water partition coefficient (Wildman–Crippen LogP) is 3.93. The van der Waals surface area contributed by atoms with Gasteiger partial charge in [0, 0.05) is 21.5 Å². The van der Waals surface area contributed by atoms with E-state index in [1.807, 2.05) is 0 Å². The zero-order chi connectivity index (χ0) is 26.6. The van der Waals surface area contributed by atoms with E-state index >= 15 is 0 Å². The first-order chi connectivity index (χ1) is 16.9. The highest BCUT2D eigenvalue weighted by Gasteiger charge is 2.30. The number of anilines is 1. The number of hydrogen-bond donors (Lipinski definition) is 5. The average Bonchev–Trinajstić information content (AvgIpc) is 3.28. The molecular formula is C24H22FN3O7S. The monoisotopic (exact) mass is 515 g/mol. The van der Waals surface area contributed by atoms with E-state index < -0.39 is 34.8 Å². The molecule has 0 bridgehead atoms. The standard InChI is InChI=1S/C24H22FN3O7S/c1-24(2,23(32)28-13-4-6-17(29)15(10-13)21(30)35-33)11-14-5-8-19(36-14)22(31)34-18-7-3-12(20(26)27)9-16(18)25/h3-10,29,33H,11H2,1-2H3,(H3,26,27)(H,28,32). The van der Waals surface area contributed by atoms with Crippen LogP contribution in [0.25, 0.3) is 0 Å². The number of hydrogen-bond acceptors (Lipinski definition) is 9. The number of phenols is 1. The molecule has 12 heteroatoms. The Hall–Kier alpha value is -4.29. The highest BCUT2D eigenvalue weighted by molar-refractivity contribution is 7.14. The van der Waals surface area contributed by atoms with Crippen molar-refractivity contribution in [3.05, 3.63) is 75.2 Å². The van der Waals surface area contributed by atoms with Crippen molar-refractivity contribution < 1.29 is 38.8 Å². The molecule has 6 N–H and O–H groups in total. The maximum Gasteiger partial charge on any atom is 0.376 e. The summed E-state index contributed by atoms with van der Waals surface area (Å²) in [6, 6.07) is 10.4. The lowest BCUT2D eigenvalue weighted by Gasteiger charge is -2.23. The summed E-state index contributed by atoms with van der Waals surface area (Å²) in [6.07, 6.45) is 0.238. The number of nitrogens with two attached hydrogens (primary N) is 1. The molecule has 0 aliphatic carbocycles. The van der Waals surface area contributed by atoms with Crippen molar-refractivity contribution in [3.63, 3.8) is 0 Å². The van der Waals surface area contributed by atoms with Crippen molar-refractivity contribution in [2.45, 2.75) is 20.3 Å².